The van der Waals surface area contributed by atoms with E-state index in [9.17, 15) is 9.59 Å². The van der Waals surface area contributed by atoms with Gasteiger partial charge in [0.15, 0.2) is 0 Å². The third-order valence-corrected chi connectivity index (χ3v) is 4.69. The van der Waals surface area contributed by atoms with E-state index in [0.717, 1.165) is 31.6 Å². The molecular weight excluding hydrogens is 310 g/mol. The summed E-state index contributed by atoms with van der Waals surface area (Å²) in [6.07, 6.45) is 1.96. The van der Waals surface area contributed by atoms with E-state index in [1.165, 1.54) is 11.3 Å². The summed E-state index contributed by atoms with van der Waals surface area (Å²) < 4.78 is 0. The first kappa shape index (κ1) is 15.7. The van der Waals surface area contributed by atoms with Crippen molar-refractivity contribution in [2.75, 3.05) is 23.7 Å². The molecule has 6 heteroatoms. The molecule has 1 fully saturated rings. The SMILES string of the molecule is O=C(Nc1ccc(NC(=O)C2CCCNC2)cc1)c1cccs1. The van der Waals surface area contributed by atoms with Crippen LogP contribution >= 0.6 is 11.3 Å². The highest BCUT2D eigenvalue weighted by molar-refractivity contribution is 7.12. The van der Waals surface area contributed by atoms with Crippen molar-refractivity contribution in [2.24, 2.45) is 5.92 Å². The molecule has 0 saturated carbocycles. The van der Waals surface area contributed by atoms with Crippen LogP contribution in [-0.2, 0) is 4.79 Å². The Morgan fingerprint density at radius 2 is 1.83 bits per heavy atom. The molecule has 120 valence electrons. The largest absolute Gasteiger partial charge is 0.326 e. The van der Waals surface area contributed by atoms with Crippen LogP contribution in [0.5, 0.6) is 0 Å². The second-order valence-corrected chi connectivity index (χ2v) is 6.49. The minimum Gasteiger partial charge on any atom is -0.326 e. The molecule has 2 amide bonds. The Morgan fingerprint density at radius 1 is 1.09 bits per heavy atom. The van der Waals surface area contributed by atoms with Gasteiger partial charge in [0.25, 0.3) is 5.91 Å². The molecular formula is C17H19N3O2S. The summed E-state index contributed by atoms with van der Waals surface area (Å²) in [6, 6.07) is 10.8. The number of hydrogen-bond donors (Lipinski definition) is 3. The molecule has 1 aromatic heterocycles. The third kappa shape index (κ3) is 4.18. The van der Waals surface area contributed by atoms with Gasteiger partial charge in [-0.2, -0.15) is 0 Å². The number of hydrogen-bond acceptors (Lipinski definition) is 4. The summed E-state index contributed by atoms with van der Waals surface area (Å²) in [7, 11) is 0. The molecule has 2 heterocycles. The summed E-state index contributed by atoms with van der Waals surface area (Å²) in [5.74, 6) is -0.0420. The first-order valence-corrected chi connectivity index (χ1v) is 8.57. The Labute approximate surface area is 139 Å². The van der Waals surface area contributed by atoms with Crippen molar-refractivity contribution in [1.82, 2.24) is 5.32 Å². The number of carbonyl (C=O) groups is 2. The van der Waals surface area contributed by atoms with Gasteiger partial charge in [0.1, 0.15) is 0 Å². The zero-order chi connectivity index (χ0) is 16.1. The molecule has 23 heavy (non-hydrogen) atoms. The van der Waals surface area contributed by atoms with Crippen molar-refractivity contribution in [3.63, 3.8) is 0 Å². The van der Waals surface area contributed by atoms with Gasteiger partial charge in [0, 0.05) is 17.9 Å². The fraction of sp³-hybridized carbons (Fsp3) is 0.294. The predicted octanol–water partition coefficient (Wildman–Crippen LogP) is 2.94. The van der Waals surface area contributed by atoms with Crippen molar-refractivity contribution < 1.29 is 9.59 Å². The fourth-order valence-corrected chi connectivity index (χ4v) is 3.18. The molecule has 3 rings (SSSR count). The lowest BCUT2D eigenvalue weighted by Crippen LogP contribution is -2.37. The maximum absolute atomic E-state index is 12.2. The number of rotatable bonds is 4. The third-order valence-electron chi connectivity index (χ3n) is 3.82. The Morgan fingerprint density at radius 3 is 2.43 bits per heavy atom. The average Bonchev–Trinajstić information content (AvgIpc) is 3.12. The molecule has 0 aliphatic carbocycles. The Balaban J connectivity index is 1.56. The van der Waals surface area contributed by atoms with E-state index < -0.39 is 0 Å². The van der Waals surface area contributed by atoms with E-state index in [-0.39, 0.29) is 17.7 Å². The second-order valence-electron chi connectivity index (χ2n) is 5.54. The van der Waals surface area contributed by atoms with Gasteiger partial charge in [-0.15, -0.1) is 11.3 Å². The van der Waals surface area contributed by atoms with Crippen LogP contribution in [0, 0.1) is 5.92 Å². The molecule has 3 N–H and O–H groups in total. The minimum atomic E-state index is -0.120. The van der Waals surface area contributed by atoms with Crippen molar-refractivity contribution in [3.8, 4) is 0 Å². The van der Waals surface area contributed by atoms with Crippen LogP contribution in [0.1, 0.15) is 22.5 Å². The number of amides is 2. The van der Waals surface area contributed by atoms with Gasteiger partial charge >= 0.3 is 0 Å². The van der Waals surface area contributed by atoms with Gasteiger partial charge in [-0.3, -0.25) is 9.59 Å². The Hall–Kier alpha value is -2.18. The smallest absolute Gasteiger partial charge is 0.265 e. The number of benzene rings is 1. The maximum atomic E-state index is 12.2. The number of nitrogens with one attached hydrogen (secondary N) is 3. The highest BCUT2D eigenvalue weighted by atomic mass is 32.1. The van der Waals surface area contributed by atoms with E-state index in [1.807, 2.05) is 11.4 Å². The predicted molar refractivity (Wildman–Crippen MR) is 92.9 cm³/mol. The molecule has 1 saturated heterocycles. The molecule has 1 unspecified atom stereocenters. The van der Waals surface area contributed by atoms with Crippen molar-refractivity contribution >= 4 is 34.5 Å². The molecule has 2 aromatic rings. The lowest BCUT2D eigenvalue weighted by Gasteiger charge is -2.21. The van der Waals surface area contributed by atoms with Gasteiger partial charge in [-0.05, 0) is 55.1 Å². The van der Waals surface area contributed by atoms with Crippen LogP contribution in [0.3, 0.4) is 0 Å². The van der Waals surface area contributed by atoms with E-state index in [1.54, 1.807) is 30.3 Å². The van der Waals surface area contributed by atoms with Crippen LogP contribution in [0.2, 0.25) is 0 Å². The van der Waals surface area contributed by atoms with Crippen LogP contribution in [0.4, 0.5) is 11.4 Å². The first-order valence-electron chi connectivity index (χ1n) is 7.69. The van der Waals surface area contributed by atoms with Crippen LogP contribution in [0.25, 0.3) is 0 Å². The van der Waals surface area contributed by atoms with Crippen molar-refractivity contribution in [2.45, 2.75) is 12.8 Å². The van der Waals surface area contributed by atoms with E-state index in [0.29, 0.717) is 10.6 Å². The van der Waals surface area contributed by atoms with Gasteiger partial charge in [0.2, 0.25) is 5.91 Å². The summed E-state index contributed by atoms with van der Waals surface area (Å²) in [6.45, 7) is 1.73. The standard InChI is InChI=1S/C17H19N3O2S/c21-16(12-3-1-9-18-11-12)19-13-5-7-14(8-6-13)20-17(22)15-4-2-10-23-15/h2,4-8,10,12,18H,1,3,9,11H2,(H,19,21)(H,20,22). The lowest BCUT2D eigenvalue weighted by atomic mass is 9.99. The van der Waals surface area contributed by atoms with Gasteiger partial charge in [-0.1, -0.05) is 6.07 Å². The minimum absolute atomic E-state index is 0.0296. The van der Waals surface area contributed by atoms with Gasteiger partial charge in [0.05, 0.1) is 10.8 Å². The summed E-state index contributed by atoms with van der Waals surface area (Å²) in [4.78, 5) is 24.8. The molecule has 0 bridgehead atoms. The van der Waals surface area contributed by atoms with Crippen molar-refractivity contribution in [3.05, 3.63) is 46.7 Å². The zero-order valence-corrected chi connectivity index (χ0v) is 13.5. The monoisotopic (exact) mass is 329 g/mol. The van der Waals surface area contributed by atoms with Crippen molar-refractivity contribution in [1.29, 1.82) is 0 Å². The molecule has 1 aliphatic heterocycles. The van der Waals surface area contributed by atoms with Gasteiger partial charge < -0.3 is 16.0 Å². The second kappa shape index (κ2) is 7.39. The fourth-order valence-electron chi connectivity index (χ4n) is 2.56. The number of piperidine rings is 1. The number of thiophene rings is 1. The summed E-state index contributed by atoms with van der Waals surface area (Å²) in [5, 5.41) is 10.9. The number of carbonyl (C=O) groups excluding carboxylic acids is 2. The first-order chi connectivity index (χ1) is 11.2. The highest BCUT2D eigenvalue weighted by Crippen LogP contribution is 2.18. The quantitative estimate of drug-likeness (QED) is 0.808. The Bertz CT molecular complexity index is 662. The van der Waals surface area contributed by atoms with E-state index in [4.69, 9.17) is 0 Å². The van der Waals surface area contributed by atoms with Crippen LogP contribution in [0.15, 0.2) is 41.8 Å². The summed E-state index contributed by atoms with van der Waals surface area (Å²) in [5.41, 5.74) is 1.45. The molecule has 0 radical (unpaired) electrons. The maximum Gasteiger partial charge on any atom is 0.265 e. The zero-order valence-electron chi connectivity index (χ0n) is 12.7. The molecule has 1 atom stereocenters. The van der Waals surface area contributed by atoms with Crippen LogP contribution < -0.4 is 16.0 Å². The Kier molecular flexibility index (Phi) is 5.05. The number of anilines is 2. The van der Waals surface area contributed by atoms with E-state index >= 15 is 0 Å². The van der Waals surface area contributed by atoms with Gasteiger partial charge in [-0.25, -0.2) is 0 Å². The summed E-state index contributed by atoms with van der Waals surface area (Å²) >= 11 is 1.40. The topological polar surface area (TPSA) is 70.2 Å². The average molecular weight is 329 g/mol. The molecule has 1 aromatic carbocycles. The molecule has 5 nitrogen and oxygen atoms in total. The normalized spacial score (nSPS) is 17.5. The molecule has 0 spiro atoms. The highest BCUT2D eigenvalue weighted by Gasteiger charge is 2.20. The van der Waals surface area contributed by atoms with Crippen LogP contribution in [-0.4, -0.2) is 24.9 Å². The lowest BCUT2D eigenvalue weighted by molar-refractivity contribution is -0.120. The van der Waals surface area contributed by atoms with E-state index in [2.05, 4.69) is 16.0 Å². The molecule has 1 aliphatic rings.